The molecule has 0 aliphatic rings. The molecule has 1 unspecified atom stereocenters. The maximum atomic E-state index is 10.5. The van der Waals surface area contributed by atoms with E-state index in [-0.39, 0.29) is 23.5 Å². The van der Waals surface area contributed by atoms with E-state index >= 15 is 0 Å². The molecule has 17 heavy (non-hydrogen) atoms. The number of rotatable bonds is 4. The van der Waals surface area contributed by atoms with E-state index in [1.54, 1.807) is 6.07 Å². The summed E-state index contributed by atoms with van der Waals surface area (Å²) in [6, 6.07) is 3.80. The topological polar surface area (TPSA) is 117 Å². The molecule has 0 fully saturated rings. The Morgan fingerprint density at radius 2 is 2.29 bits per heavy atom. The van der Waals surface area contributed by atoms with E-state index < -0.39 is 12.0 Å². The molecule has 1 rings (SSSR count). The van der Waals surface area contributed by atoms with Gasteiger partial charge in [0.1, 0.15) is 6.07 Å². The zero-order valence-corrected chi connectivity index (χ0v) is 9.17. The summed E-state index contributed by atoms with van der Waals surface area (Å²) in [7, 11) is 1.34. The van der Waals surface area contributed by atoms with E-state index in [4.69, 9.17) is 20.8 Å². The first-order valence-electron chi connectivity index (χ1n) is 4.78. The minimum atomic E-state index is -1.04. The second-order valence-corrected chi connectivity index (χ2v) is 3.44. The first-order valence-corrected chi connectivity index (χ1v) is 4.78. The predicted molar refractivity (Wildman–Crippen MR) is 58.6 cm³/mol. The third-order valence-corrected chi connectivity index (χ3v) is 2.26. The maximum absolute atomic E-state index is 10.5. The van der Waals surface area contributed by atoms with Crippen LogP contribution in [0.4, 0.5) is 0 Å². The second-order valence-electron chi connectivity index (χ2n) is 3.44. The molecule has 0 aliphatic heterocycles. The first kappa shape index (κ1) is 12.8. The maximum Gasteiger partial charge on any atom is 0.305 e. The van der Waals surface area contributed by atoms with Gasteiger partial charge in [0.05, 0.1) is 19.1 Å². The van der Waals surface area contributed by atoms with Crippen LogP contribution in [0.15, 0.2) is 12.1 Å². The van der Waals surface area contributed by atoms with Crippen LogP contribution in [0.25, 0.3) is 0 Å². The number of ether oxygens (including phenoxy) is 1. The van der Waals surface area contributed by atoms with E-state index in [0.717, 1.165) is 0 Å². The van der Waals surface area contributed by atoms with Crippen molar-refractivity contribution in [2.75, 3.05) is 7.11 Å². The van der Waals surface area contributed by atoms with Crippen LogP contribution in [0.1, 0.15) is 23.6 Å². The van der Waals surface area contributed by atoms with Gasteiger partial charge in [-0.25, -0.2) is 0 Å². The van der Waals surface area contributed by atoms with Gasteiger partial charge in [0.2, 0.25) is 0 Å². The van der Waals surface area contributed by atoms with Crippen molar-refractivity contribution in [3.8, 4) is 17.6 Å². The smallest absolute Gasteiger partial charge is 0.305 e. The summed E-state index contributed by atoms with van der Waals surface area (Å²) in [5.41, 5.74) is 6.10. The average Bonchev–Trinajstić information content (AvgIpc) is 2.28. The molecular weight excluding hydrogens is 224 g/mol. The monoisotopic (exact) mass is 236 g/mol. The molecule has 1 aromatic carbocycles. The lowest BCUT2D eigenvalue weighted by atomic mass is 10.0. The largest absolute Gasteiger partial charge is 0.503 e. The zero-order valence-electron chi connectivity index (χ0n) is 9.17. The lowest BCUT2D eigenvalue weighted by molar-refractivity contribution is -0.137. The molecule has 1 atom stereocenters. The number of aliphatic carboxylic acids is 1. The summed E-state index contributed by atoms with van der Waals surface area (Å²) in [6.45, 7) is 0. The van der Waals surface area contributed by atoms with Gasteiger partial charge in [-0.05, 0) is 17.7 Å². The number of nitriles is 1. The van der Waals surface area contributed by atoms with Crippen LogP contribution in [-0.4, -0.2) is 23.3 Å². The Hall–Kier alpha value is -2.26. The van der Waals surface area contributed by atoms with Crippen molar-refractivity contribution in [2.45, 2.75) is 12.5 Å². The normalized spacial score (nSPS) is 11.6. The number of carboxylic acid groups (broad SMARTS) is 1. The molecule has 0 amide bonds. The molecule has 0 heterocycles. The standard InChI is InChI=1S/C11H12N2O4/c1-17-9-3-6(8(13)4-10(14)15)2-7(5-12)11(9)16/h2-3,8,16H,4,13H2,1H3,(H,14,15). The number of carboxylic acids is 1. The molecule has 0 radical (unpaired) electrons. The lowest BCUT2D eigenvalue weighted by Crippen LogP contribution is -2.15. The Morgan fingerprint density at radius 1 is 1.65 bits per heavy atom. The number of nitrogens with zero attached hydrogens (tertiary/aromatic N) is 1. The summed E-state index contributed by atoms with van der Waals surface area (Å²) in [5, 5.41) is 27.0. The van der Waals surface area contributed by atoms with Crippen molar-refractivity contribution >= 4 is 5.97 Å². The number of carbonyl (C=O) groups is 1. The van der Waals surface area contributed by atoms with E-state index in [0.29, 0.717) is 5.56 Å². The molecule has 6 heteroatoms. The number of aromatic hydroxyl groups is 1. The molecule has 6 nitrogen and oxygen atoms in total. The van der Waals surface area contributed by atoms with E-state index in [9.17, 15) is 9.90 Å². The number of benzene rings is 1. The van der Waals surface area contributed by atoms with Crippen molar-refractivity contribution in [3.05, 3.63) is 23.3 Å². The van der Waals surface area contributed by atoms with Gasteiger partial charge in [-0.2, -0.15) is 5.26 Å². The van der Waals surface area contributed by atoms with Gasteiger partial charge in [0, 0.05) is 6.04 Å². The van der Waals surface area contributed by atoms with Gasteiger partial charge in [0.15, 0.2) is 11.5 Å². The Morgan fingerprint density at radius 3 is 2.76 bits per heavy atom. The molecule has 0 bridgehead atoms. The molecule has 90 valence electrons. The third-order valence-electron chi connectivity index (χ3n) is 2.26. The van der Waals surface area contributed by atoms with Crippen LogP contribution in [0, 0.1) is 11.3 Å². The van der Waals surface area contributed by atoms with Gasteiger partial charge in [0.25, 0.3) is 0 Å². The first-order chi connectivity index (χ1) is 7.99. The number of hydrogen-bond donors (Lipinski definition) is 3. The van der Waals surface area contributed by atoms with Gasteiger partial charge in [-0.1, -0.05) is 0 Å². The van der Waals surface area contributed by atoms with Crippen molar-refractivity contribution in [2.24, 2.45) is 5.73 Å². The molecule has 0 saturated heterocycles. The van der Waals surface area contributed by atoms with Gasteiger partial charge in [-0.3, -0.25) is 4.79 Å². The fourth-order valence-electron chi connectivity index (χ4n) is 1.39. The van der Waals surface area contributed by atoms with Crippen LogP contribution in [0.3, 0.4) is 0 Å². The summed E-state index contributed by atoms with van der Waals surface area (Å²) in [5.74, 6) is -1.22. The minimum Gasteiger partial charge on any atom is -0.503 e. The van der Waals surface area contributed by atoms with Crippen LogP contribution >= 0.6 is 0 Å². The second kappa shape index (κ2) is 5.18. The van der Waals surface area contributed by atoms with E-state index in [1.165, 1.54) is 19.2 Å². The van der Waals surface area contributed by atoms with Crippen LogP contribution in [0.2, 0.25) is 0 Å². The zero-order chi connectivity index (χ0) is 13.0. The highest BCUT2D eigenvalue weighted by Gasteiger charge is 2.16. The molecule has 1 aromatic rings. The van der Waals surface area contributed by atoms with Crippen molar-refractivity contribution in [3.63, 3.8) is 0 Å². The summed E-state index contributed by atoms with van der Waals surface area (Å²) >= 11 is 0. The highest BCUT2D eigenvalue weighted by molar-refractivity contribution is 5.68. The minimum absolute atomic E-state index is 0.000175. The third kappa shape index (κ3) is 2.86. The van der Waals surface area contributed by atoms with E-state index in [1.807, 2.05) is 0 Å². The molecule has 0 aliphatic carbocycles. The quantitative estimate of drug-likeness (QED) is 0.710. The van der Waals surface area contributed by atoms with Crippen molar-refractivity contribution in [1.29, 1.82) is 5.26 Å². The Bertz CT molecular complexity index is 479. The van der Waals surface area contributed by atoms with Crippen LogP contribution in [0.5, 0.6) is 11.5 Å². The Kier molecular flexibility index (Phi) is 3.91. The Labute approximate surface area is 97.9 Å². The number of phenolic OH excluding ortho intramolecular Hbond substituents is 1. The average molecular weight is 236 g/mol. The van der Waals surface area contributed by atoms with Crippen molar-refractivity contribution < 1.29 is 19.7 Å². The molecule has 0 spiro atoms. The van der Waals surface area contributed by atoms with Gasteiger partial charge < -0.3 is 20.7 Å². The van der Waals surface area contributed by atoms with E-state index in [2.05, 4.69) is 0 Å². The van der Waals surface area contributed by atoms with Crippen LogP contribution in [-0.2, 0) is 4.79 Å². The Balaban J connectivity index is 3.18. The summed E-state index contributed by atoms with van der Waals surface area (Å²) in [4.78, 5) is 10.5. The lowest BCUT2D eigenvalue weighted by Gasteiger charge is -2.13. The number of hydrogen-bond acceptors (Lipinski definition) is 5. The van der Waals surface area contributed by atoms with Gasteiger partial charge in [-0.15, -0.1) is 0 Å². The summed E-state index contributed by atoms with van der Waals surface area (Å²) < 4.78 is 4.88. The number of phenols is 1. The number of methoxy groups -OCH3 is 1. The fraction of sp³-hybridized carbons (Fsp3) is 0.273. The summed E-state index contributed by atoms with van der Waals surface area (Å²) in [6.07, 6.45) is -0.265. The molecule has 4 N–H and O–H groups in total. The highest BCUT2D eigenvalue weighted by Crippen LogP contribution is 2.33. The van der Waals surface area contributed by atoms with Crippen LogP contribution < -0.4 is 10.5 Å². The molecule has 0 aromatic heterocycles. The molecule has 0 saturated carbocycles. The predicted octanol–water partition coefficient (Wildman–Crippen LogP) is 0.747. The SMILES string of the molecule is COc1cc(C(N)CC(=O)O)cc(C#N)c1O. The van der Waals surface area contributed by atoms with Gasteiger partial charge >= 0.3 is 5.97 Å². The highest BCUT2D eigenvalue weighted by atomic mass is 16.5. The number of nitrogens with two attached hydrogens (primary N) is 1. The fourth-order valence-corrected chi connectivity index (χ4v) is 1.39. The van der Waals surface area contributed by atoms with Crippen molar-refractivity contribution in [1.82, 2.24) is 0 Å². The molecular formula is C11H12N2O4.